The van der Waals surface area contributed by atoms with Crippen LogP contribution in [0.4, 0.5) is 5.69 Å². The van der Waals surface area contributed by atoms with Gasteiger partial charge in [0, 0.05) is 10.6 Å². The van der Waals surface area contributed by atoms with E-state index in [1.54, 1.807) is 11.3 Å². The van der Waals surface area contributed by atoms with Gasteiger partial charge in [-0.25, -0.2) is 0 Å². The molecule has 21 heavy (non-hydrogen) atoms. The molecule has 1 N–H and O–H groups in total. The summed E-state index contributed by atoms with van der Waals surface area (Å²) in [5, 5.41) is 4.96. The fourth-order valence-corrected chi connectivity index (χ4v) is 2.87. The average Bonchev–Trinajstić information content (AvgIpc) is 3.03. The van der Waals surface area contributed by atoms with Crippen molar-refractivity contribution in [2.75, 3.05) is 5.32 Å². The number of amides is 1. The Bertz CT molecular complexity index is 703. The molecule has 1 heterocycles. The van der Waals surface area contributed by atoms with E-state index in [0.29, 0.717) is 6.42 Å². The van der Waals surface area contributed by atoms with Gasteiger partial charge in [-0.2, -0.15) is 0 Å². The Morgan fingerprint density at radius 1 is 0.905 bits per heavy atom. The van der Waals surface area contributed by atoms with Gasteiger partial charge in [0.1, 0.15) is 0 Å². The summed E-state index contributed by atoms with van der Waals surface area (Å²) in [5.41, 5.74) is 3.04. The zero-order chi connectivity index (χ0) is 14.5. The van der Waals surface area contributed by atoms with Gasteiger partial charge < -0.3 is 5.32 Å². The number of hydrogen-bond acceptors (Lipinski definition) is 2. The Labute approximate surface area is 128 Å². The molecule has 0 aliphatic carbocycles. The first-order valence-corrected chi connectivity index (χ1v) is 7.67. The van der Waals surface area contributed by atoms with Crippen LogP contribution in [0.3, 0.4) is 0 Å². The lowest BCUT2D eigenvalue weighted by molar-refractivity contribution is -0.115. The van der Waals surface area contributed by atoms with Crippen LogP contribution >= 0.6 is 11.3 Å². The van der Waals surface area contributed by atoms with Crippen molar-refractivity contribution in [1.29, 1.82) is 0 Å². The van der Waals surface area contributed by atoms with Gasteiger partial charge in [0.2, 0.25) is 5.91 Å². The SMILES string of the molecule is O=C(Cc1ccc(-c2cccs2)cc1)Nc1ccccc1. The molecular formula is C18H15NOS. The van der Waals surface area contributed by atoms with E-state index in [1.807, 2.05) is 48.5 Å². The molecule has 3 aromatic rings. The molecule has 0 radical (unpaired) electrons. The predicted molar refractivity (Wildman–Crippen MR) is 88.5 cm³/mol. The molecule has 0 aliphatic rings. The van der Waals surface area contributed by atoms with Crippen molar-refractivity contribution in [3.63, 3.8) is 0 Å². The van der Waals surface area contributed by atoms with Gasteiger partial charge in [-0.05, 0) is 34.7 Å². The highest BCUT2D eigenvalue weighted by Crippen LogP contribution is 2.24. The van der Waals surface area contributed by atoms with Crippen LogP contribution in [-0.2, 0) is 11.2 Å². The monoisotopic (exact) mass is 293 g/mol. The van der Waals surface area contributed by atoms with E-state index in [9.17, 15) is 4.79 Å². The minimum absolute atomic E-state index is 0.00470. The van der Waals surface area contributed by atoms with Crippen molar-refractivity contribution in [2.45, 2.75) is 6.42 Å². The lowest BCUT2D eigenvalue weighted by Crippen LogP contribution is -2.14. The summed E-state index contributed by atoms with van der Waals surface area (Å²) in [6.45, 7) is 0. The van der Waals surface area contributed by atoms with Crippen LogP contribution in [-0.4, -0.2) is 5.91 Å². The third-order valence-electron chi connectivity index (χ3n) is 3.18. The minimum atomic E-state index is 0.00470. The maximum Gasteiger partial charge on any atom is 0.228 e. The Kier molecular flexibility index (Phi) is 4.12. The van der Waals surface area contributed by atoms with E-state index < -0.39 is 0 Å². The molecule has 0 spiro atoms. The van der Waals surface area contributed by atoms with Crippen LogP contribution in [0.2, 0.25) is 0 Å². The van der Waals surface area contributed by atoms with Gasteiger partial charge >= 0.3 is 0 Å². The number of benzene rings is 2. The maximum absolute atomic E-state index is 12.0. The number of thiophene rings is 1. The molecule has 0 aliphatic heterocycles. The summed E-state index contributed by atoms with van der Waals surface area (Å²) in [4.78, 5) is 13.2. The first kappa shape index (κ1) is 13.6. The molecular weight excluding hydrogens is 278 g/mol. The highest BCUT2D eigenvalue weighted by atomic mass is 32.1. The van der Waals surface area contributed by atoms with Crippen molar-refractivity contribution in [2.24, 2.45) is 0 Å². The molecule has 1 aromatic heterocycles. The van der Waals surface area contributed by atoms with E-state index in [4.69, 9.17) is 0 Å². The molecule has 0 atom stereocenters. The second-order valence-electron chi connectivity index (χ2n) is 4.77. The Morgan fingerprint density at radius 2 is 1.67 bits per heavy atom. The Balaban J connectivity index is 1.64. The minimum Gasteiger partial charge on any atom is -0.326 e. The van der Waals surface area contributed by atoms with E-state index in [-0.39, 0.29) is 5.91 Å². The summed E-state index contributed by atoms with van der Waals surface area (Å²) in [6, 6.07) is 21.8. The van der Waals surface area contributed by atoms with Gasteiger partial charge in [0.25, 0.3) is 0 Å². The van der Waals surface area contributed by atoms with E-state index in [1.165, 1.54) is 10.4 Å². The Hall–Kier alpha value is -2.39. The number of anilines is 1. The molecule has 3 heteroatoms. The zero-order valence-electron chi connectivity index (χ0n) is 11.5. The number of carbonyl (C=O) groups is 1. The molecule has 0 fully saturated rings. The summed E-state index contributed by atoms with van der Waals surface area (Å²) < 4.78 is 0. The van der Waals surface area contributed by atoms with Crippen LogP contribution < -0.4 is 5.32 Å². The first-order chi connectivity index (χ1) is 10.3. The van der Waals surface area contributed by atoms with Crippen molar-refractivity contribution in [3.8, 4) is 10.4 Å². The smallest absolute Gasteiger partial charge is 0.228 e. The molecule has 104 valence electrons. The highest BCUT2D eigenvalue weighted by molar-refractivity contribution is 7.13. The van der Waals surface area contributed by atoms with Gasteiger partial charge in [0.15, 0.2) is 0 Å². The highest BCUT2D eigenvalue weighted by Gasteiger charge is 2.05. The number of nitrogens with one attached hydrogen (secondary N) is 1. The number of rotatable bonds is 4. The van der Waals surface area contributed by atoms with Crippen molar-refractivity contribution < 1.29 is 4.79 Å². The fraction of sp³-hybridized carbons (Fsp3) is 0.0556. The number of para-hydroxylation sites is 1. The summed E-state index contributed by atoms with van der Waals surface area (Å²) >= 11 is 1.72. The molecule has 0 saturated heterocycles. The summed E-state index contributed by atoms with van der Waals surface area (Å²) in [5.74, 6) is 0.00470. The predicted octanol–water partition coefficient (Wildman–Crippen LogP) is 4.60. The molecule has 0 saturated carbocycles. The van der Waals surface area contributed by atoms with Crippen LogP contribution in [0, 0.1) is 0 Å². The van der Waals surface area contributed by atoms with Crippen LogP contribution in [0.5, 0.6) is 0 Å². The van der Waals surface area contributed by atoms with Gasteiger partial charge in [0.05, 0.1) is 6.42 Å². The van der Waals surface area contributed by atoms with Gasteiger partial charge in [-0.1, -0.05) is 48.5 Å². The number of hydrogen-bond donors (Lipinski definition) is 1. The number of carbonyl (C=O) groups excluding carboxylic acids is 1. The van der Waals surface area contributed by atoms with Crippen LogP contribution in [0.1, 0.15) is 5.56 Å². The van der Waals surface area contributed by atoms with Gasteiger partial charge in [-0.15, -0.1) is 11.3 Å². The molecule has 2 nitrogen and oxygen atoms in total. The third kappa shape index (κ3) is 3.58. The van der Waals surface area contributed by atoms with E-state index in [0.717, 1.165) is 11.3 Å². The van der Waals surface area contributed by atoms with Crippen LogP contribution in [0.15, 0.2) is 72.1 Å². The standard InChI is InChI=1S/C18H15NOS/c20-18(19-16-5-2-1-3-6-16)13-14-8-10-15(11-9-14)17-7-4-12-21-17/h1-12H,13H2,(H,19,20). The largest absolute Gasteiger partial charge is 0.326 e. The second-order valence-corrected chi connectivity index (χ2v) is 5.71. The molecule has 1 amide bonds. The molecule has 3 rings (SSSR count). The lowest BCUT2D eigenvalue weighted by atomic mass is 10.1. The van der Waals surface area contributed by atoms with Crippen molar-refractivity contribution in [1.82, 2.24) is 0 Å². The van der Waals surface area contributed by atoms with Gasteiger partial charge in [-0.3, -0.25) is 4.79 Å². The van der Waals surface area contributed by atoms with E-state index >= 15 is 0 Å². The van der Waals surface area contributed by atoms with Crippen molar-refractivity contribution >= 4 is 22.9 Å². The van der Waals surface area contributed by atoms with E-state index in [2.05, 4.69) is 28.9 Å². The van der Waals surface area contributed by atoms with Crippen LogP contribution in [0.25, 0.3) is 10.4 Å². The lowest BCUT2D eigenvalue weighted by Gasteiger charge is -2.05. The summed E-state index contributed by atoms with van der Waals surface area (Å²) in [7, 11) is 0. The maximum atomic E-state index is 12.0. The molecule has 2 aromatic carbocycles. The van der Waals surface area contributed by atoms with Crippen molar-refractivity contribution in [3.05, 3.63) is 77.7 Å². The topological polar surface area (TPSA) is 29.1 Å². The molecule has 0 bridgehead atoms. The Morgan fingerprint density at radius 3 is 2.33 bits per heavy atom. The summed E-state index contributed by atoms with van der Waals surface area (Å²) in [6.07, 6.45) is 0.389. The second kappa shape index (κ2) is 6.37. The normalized spacial score (nSPS) is 10.3. The third-order valence-corrected chi connectivity index (χ3v) is 4.10. The molecule has 0 unspecified atom stereocenters. The zero-order valence-corrected chi connectivity index (χ0v) is 12.3. The quantitative estimate of drug-likeness (QED) is 0.748. The first-order valence-electron chi connectivity index (χ1n) is 6.79. The average molecular weight is 293 g/mol. The fourth-order valence-electron chi connectivity index (χ4n) is 2.14.